The zero-order chi connectivity index (χ0) is 13.6. The molecule has 0 saturated carbocycles. The minimum Gasteiger partial charge on any atom is -0.311 e. The van der Waals surface area contributed by atoms with Crippen molar-refractivity contribution in [1.29, 1.82) is 0 Å². The average Bonchev–Trinajstić information content (AvgIpc) is 2.33. The van der Waals surface area contributed by atoms with Crippen molar-refractivity contribution in [2.24, 2.45) is 5.41 Å². The number of hydrogen-bond acceptors (Lipinski definition) is 2. The molecule has 2 unspecified atom stereocenters. The first-order valence-corrected chi connectivity index (χ1v) is 7.96. The van der Waals surface area contributed by atoms with Gasteiger partial charge in [0.15, 0.2) is 0 Å². The molecule has 1 saturated heterocycles. The van der Waals surface area contributed by atoms with Crippen LogP contribution in [0, 0.1) is 5.41 Å². The lowest BCUT2D eigenvalue weighted by atomic mass is 9.84. The summed E-state index contributed by atoms with van der Waals surface area (Å²) in [6.45, 7) is 15.4. The van der Waals surface area contributed by atoms with E-state index in [4.69, 9.17) is 0 Å². The fourth-order valence-corrected chi connectivity index (χ4v) is 2.85. The quantitative estimate of drug-likeness (QED) is 0.728. The van der Waals surface area contributed by atoms with Crippen molar-refractivity contribution >= 4 is 0 Å². The summed E-state index contributed by atoms with van der Waals surface area (Å²) in [5, 5.41) is 3.75. The van der Waals surface area contributed by atoms with Crippen molar-refractivity contribution in [2.75, 3.05) is 19.6 Å². The van der Waals surface area contributed by atoms with Gasteiger partial charge in [-0.25, -0.2) is 0 Å². The monoisotopic (exact) mass is 254 g/mol. The standard InChI is InChI=1S/C16H34N2/c1-6-8-9-10-11-18-13-15(16(3,4)5)17-12-14(18)7-2/h14-15,17H,6-13H2,1-5H3. The number of nitrogens with one attached hydrogen (secondary N) is 1. The van der Waals surface area contributed by atoms with Crippen molar-refractivity contribution in [3.8, 4) is 0 Å². The maximum atomic E-state index is 3.75. The predicted molar refractivity (Wildman–Crippen MR) is 81.0 cm³/mol. The molecule has 0 radical (unpaired) electrons. The van der Waals surface area contributed by atoms with Crippen molar-refractivity contribution in [3.63, 3.8) is 0 Å². The molecule has 0 amide bonds. The van der Waals surface area contributed by atoms with Crippen LogP contribution in [0.3, 0.4) is 0 Å². The van der Waals surface area contributed by atoms with Gasteiger partial charge in [-0.1, -0.05) is 53.9 Å². The SMILES string of the molecule is CCCCCCN1CC(C(C)(C)C)NCC1CC. The first-order valence-electron chi connectivity index (χ1n) is 7.96. The van der Waals surface area contributed by atoms with Crippen molar-refractivity contribution in [2.45, 2.75) is 78.8 Å². The van der Waals surface area contributed by atoms with Gasteiger partial charge in [-0.2, -0.15) is 0 Å². The largest absolute Gasteiger partial charge is 0.311 e. The molecule has 1 N–H and O–H groups in total. The van der Waals surface area contributed by atoms with Gasteiger partial charge in [-0.3, -0.25) is 4.90 Å². The second kappa shape index (κ2) is 7.49. The van der Waals surface area contributed by atoms with Gasteiger partial charge >= 0.3 is 0 Å². The topological polar surface area (TPSA) is 15.3 Å². The van der Waals surface area contributed by atoms with Crippen LogP contribution >= 0.6 is 0 Å². The summed E-state index contributed by atoms with van der Waals surface area (Å²) in [5.41, 5.74) is 0.375. The Kier molecular flexibility index (Phi) is 6.65. The van der Waals surface area contributed by atoms with E-state index in [1.54, 1.807) is 0 Å². The maximum Gasteiger partial charge on any atom is 0.0244 e. The molecule has 1 aliphatic heterocycles. The van der Waals surface area contributed by atoms with Gasteiger partial charge in [0.25, 0.3) is 0 Å². The highest BCUT2D eigenvalue weighted by Gasteiger charge is 2.32. The van der Waals surface area contributed by atoms with Crippen molar-refractivity contribution < 1.29 is 0 Å². The van der Waals surface area contributed by atoms with E-state index in [2.05, 4.69) is 44.8 Å². The molecule has 1 rings (SSSR count). The average molecular weight is 254 g/mol. The van der Waals surface area contributed by atoms with Gasteiger partial charge in [0.2, 0.25) is 0 Å². The molecule has 1 fully saturated rings. The Morgan fingerprint density at radius 3 is 2.39 bits per heavy atom. The number of nitrogens with zero attached hydrogens (tertiary/aromatic N) is 1. The molecule has 1 aliphatic rings. The highest BCUT2D eigenvalue weighted by Crippen LogP contribution is 2.24. The van der Waals surface area contributed by atoms with E-state index < -0.39 is 0 Å². The van der Waals surface area contributed by atoms with E-state index in [0.29, 0.717) is 11.5 Å². The maximum absolute atomic E-state index is 3.75. The Morgan fingerprint density at radius 2 is 1.83 bits per heavy atom. The van der Waals surface area contributed by atoms with E-state index in [-0.39, 0.29) is 0 Å². The van der Waals surface area contributed by atoms with E-state index in [1.807, 2.05) is 0 Å². The van der Waals surface area contributed by atoms with E-state index in [0.717, 1.165) is 6.04 Å². The summed E-state index contributed by atoms with van der Waals surface area (Å²) >= 11 is 0. The molecule has 2 atom stereocenters. The highest BCUT2D eigenvalue weighted by atomic mass is 15.2. The van der Waals surface area contributed by atoms with Crippen molar-refractivity contribution in [1.82, 2.24) is 10.2 Å². The summed E-state index contributed by atoms with van der Waals surface area (Å²) in [6.07, 6.45) is 6.78. The number of hydrogen-bond donors (Lipinski definition) is 1. The van der Waals surface area contributed by atoms with Crippen LogP contribution in [0.5, 0.6) is 0 Å². The summed E-state index contributed by atoms with van der Waals surface area (Å²) in [4.78, 5) is 2.74. The van der Waals surface area contributed by atoms with Crippen LogP contribution in [0.25, 0.3) is 0 Å². The Morgan fingerprint density at radius 1 is 1.11 bits per heavy atom. The molecule has 0 spiro atoms. The molecule has 1 heterocycles. The fourth-order valence-electron chi connectivity index (χ4n) is 2.85. The number of unbranched alkanes of at least 4 members (excludes halogenated alkanes) is 3. The zero-order valence-electron chi connectivity index (χ0n) is 13.3. The Labute approximate surface area is 115 Å². The molecule has 108 valence electrons. The summed E-state index contributed by atoms with van der Waals surface area (Å²) in [6, 6.07) is 1.40. The minimum absolute atomic E-state index is 0.375. The van der Waals surface area contributed by atoms with Gasteiger partial charge in [-0.15, -0.1) is 0 Å². The molecule has 0 aliphatic carbocycles. The van der Waals surface area contributed by atoms with Gasteiger partial charge in [0, 0.05) is 25.2 Å². The summed E-state index contributed by atoms with van der Waals surface area (Å²) < 4.78 is 0. The first kappa shape index (κ1) is 16.0. The number of rotatable bonds is 6. The van der Waals surface area contributed by atoms with E-state index >= 15 is 0 Å². The highest BCUT2D eigenvalue weighted by molar-refractivity contribution is 4.91. The molecular weight excluding hydrogens is 220 g/mol. The van der Waals surface area contributed by atoms with Crippen molar-refractivity contribution in [3.05, 3.63) is 0 Å². The lowest BCUT2D eigenvalue weighted by Gasteiger charge is -2.45. The third-order valence-electron chi connectivity index (χ3n) is 4.35. The normalized spacial score (nSPS) is 26.5. The van der Waals surface area contributed by atoms with Gasteiger partial charge in [0.1, 0.15) is 0 Å². The molecule has 2 heteroatoms. The van der Waals surface area contributed by atoms with Gasteiger partial charge < -0.3 is 5.32 Å². The van der Waals surface area contributed by atoms with Gasteiger partial charge in [0.05, 0.1) is 0 Å². The Bertz CT molecular complexity index is 220. The predicted octanol–water partition coefficient (Wildman–Crippen LogP) is 3.67. The van der Waals surface area contributed by atoms with Crippen LogP contribution < -0.4 is 5.32 Å². The fraction of sp³-hybridized carbons (Fsp3) is 1.00. The molecule has 18 heavy (non-hydrogen) atoms. The van der Waals surface area contributed by atoms with Crippen LogP contribution in [-0.4, -0.2) is 36.6 Å². The third kappa shape index (κ3) is 4.89. The second-order valence-corrected chi connectivity index (χ2v) is 6.94. The smallest absolute Gasteiger partial charge is 0.0244 e. The van der Waals surface area contributed by atoms with Crippen LogP contribution in [0.4, 0.5) is 0 Å². The summed E-state index contributed by atoms with van der Waals surface area (Å²) in [7, 11) is 0. The summed E-state index contributed by atoms with van der Waals surface area (Å²) in [5.74, 6) is 0. The molecular formula is C16H34N2. The zero-order valence-corrected chi connectivity index (χ0v) is 13.3. The van der Waals surface area contributed by atoms with Crippen LogP contribution in [0.2, 0.25) is 0 Å². The van der Waals surface area contributed by atoms with E-state index in [9.17, 15) is 0 Å². The minimum atomic E-state index is 0.375. The molecule has 0 aromatic carbocycles. The molecule has 0 bridgehead atoms. The molecule has 0 aromatic rings. The van der Waals surface area contributed by atoms with Crippen LogP contribution in [-0.2, 0) is 0 Å². The Hall–Kier alpha value is -0.0800. The molecule has 2 nitrogen and oxygen atoms in total. The Balaban J connectivity index is 2.43. The van der Waals surface area contributed by atoms with Crippen LogP contribution in [0.1, 0.15) is 66.7 Å². The lowest BCUT2D eigenvalue weighted by molar-refractivity contribution is 0.0820. The van der Waals surface area contributed by atoms with Gasteiger partial charge in [-0.05, 0) is 24.8 Å². The first-order chi connectivity index (χ1) is 8.49. The second-order valence-electron chi connectivity index (χ2n) is 6.94. The number of piperazine rings is 1. The third-order valence-corrected chi connectivity index (χ3v) is 4.35. The van der Waals surface area contributed by atoms with E-state index in [1.165, 1.54) is 51.7 Å². The lowest BCUT2D eigenvalue weighted by Crippen LogP contribution is -2.60. The molecule has 0 aromatic heterocycles. The van der Waals surface area contributed by atoms with Crippen LogP contribution in [0.15, 0.2) is 0 Å².